The monoisotopic (exact) mass is 325 g/mol. The van der Waals surface area contributed by atoms with E-state index in [-0.39, 0.29) is 17.5 Å². The topological polar surface area (TPSA) is 82.5 Å². The van der Waals surface area contributed by atoms with Crippen molar-refractivity contribution < 1.29 is 14.7 Å². The summed E-state index contributed by atoms with van der Waals surface area (Å²) in [6, 6.07) is 14.7. The molecule has 6 heteroatoms. The minimum absolute atomic E-state index is 0.0180. The third-order valence-corrected chi connectivity index (χ3v) is 4.15. The molecule has 3 rings (SSSR count). The van der Waals surface area contributed by atoms with E-state index in [0.717, 1.165) is 12.0 Å². The van der Waals surface area contributed by atoms with Crippen molar-refractivity contribution in [2.45, 2.75) is 13.0 Å². The van der Waals surface area contributed by atoms with E-state index >= 15 is 0 Å². The molecule has 24 heavy (non-hydrogen) atoms. The minimum Gasteiger partial charge on any atom is -0.477 e. The number of hydrogen-bond donors (Lipinski definition) is 2. The van der Waals surface area contributed by atoms with Gasteiger partial charge in [0.1, 0.15) is 5.82 Å². The fourth-order valence-corrected chi connectivity index (χ4v) is 2.83. The highest BCUT2D eigenvalue weighted by molar-refractivity contribution is 5.86. The van der Waals surface area contributed by atoms with Crippen LogP contribution in [0.25, 0.3) is 0 Å². The van der Waals surface area contributed by atoms with Gasteiger partial charge in [0.2, 0.25) is 5.91 Å². The summed E-state index contributed by atoms with van der Waals surface area (Å²) in [6.07, 6.45) is 0.736. The Kier molecular flexibility index (Phi) is 4.74. The third-order valence-electron chi connectivity index (χ3n) is 4.15. The van der Waals surface area contributed by atoms with E-state index in [4.69, 9.17) is 5.11 Å². The van der Waals surface area contributed by atoms with Gasteiger partial charge in [-0.15, -0.1) is 0 Å². The molecular formula is C18H19N3O3. The Labute approximate surface area is 140 Å². The van der Waals surface area contributed by atoms with E-state index in [1.54, 1.807) is 12.1 Å². The first-order chi connectivity index (χ1) is 11.6. The Morgan fingerprint density at radius 3 is 2.71 bits per heavy atom. The average Bonchev–Trinajstić information content (AvgIpc) is 3.11. The molecular weight excluding hydrogens is 306 g/mol. The number of nitrogens with zero attached hydrogens (tertiary/aromatic N) is 2. The van der Waals surface area contributed by atoms with Crippen LogP contribution in [0.3, 0.4) is 0 Å². The molecule has 124 valence electrons. The van der Waals surface area contributed by atoms with E-state index in [2.05, 4.69) is 10.3 Å². The smallest absolute Gasteiger partial charge is 0.354 e. The molecule has 1 aromatic heterocycles. The average molecular weight is 325 g/mol. The highest BCUT2D eigenvalue weighted by Crippen LogP contribution is 2.22. The molecule has 0 saturated carbocycles. The van der Waals surface area contributed by atoms with Crippen molar-refractivity contribution in [3.63, 3.8) is 0 Å². The number of nitrogens with one attached hydrogen (secondary N) is 1. The first-order valence-electron chi connectivity index (χ1n) is 7.90. The maximum Gasteiger partial charge on any atom is 0.354 e. The molecule has 1 unspecified atom stereocenters. The van der Waals surface area contributed by atoms with E-state index in [1.165, 1.54) is 6.07 Å². The Hall–Kier alpha value is -2.89. The molecule has 1 amide bonds. The van der Waals surface area contributed by atoms with Gasteiger partial charge in [0.25, 0.3) is 0 Å². The molecule has 0 radical (unpaired) electrons. The number of hydrogen-bond acceptors (Lipinski definition) is 4. The molecule has 1 aliphatic rings. The summed E-state index contributed by atoms with van der Waals surface area (Å²) >= 11 is 0. The van der Waals surface area contributed by atoms with Crippen LogP contribution in [0.2, 0.25) is 0 Å². The number of benzene rings is 1. The van der Waals surface area contributed by atoms with Gasteiger partial charge in [-0.3, -0.25) is 4.79 Å². The lowest BCUT2D eigenvalue weighted by Gasteiger charge is -2.17. The van der Waals surface area contributed by atoms with Crippen molar-refractivity contribution in [3.05, 3.63) is 59.8 Å². The second-order valence-corrected chi connectivity index (χ2v) is 5.82. The molecule has 0 spiro atoms. The predicted octanol–water partition coefficient (Wildman–Crippen LogP) is 1.92. The number of carboxylic acids is 1. The molecule has 1 aromatic carbocycles. The molecule has 6 nitrogen and oxygen atoms in total. The van der Waals surface area contributed by atoms with Crippen molar-refractivity contribution in [1.82, 2.24) is 10.3 Å². The number of carboxylic acid groups (broad SMARTS) is 1. The van der Waals surface area contributed by atoms with Crippen LogP contribution in [0.15, 0.2) is 48.5 Å². The molecule has 0 aliphatic carbocycles. The lowest BCUT2D eigenvalue weighted by molar-refractivity contribution is -0.124. The van der Waals surface area contributed by atoms with E-state index in [1.807, 2.05) is 35.2 Å². The Morgan fingerprint density at radius 1 is 1.17 bits per heavy atom. The van der Waals surface area contributed by atoms with Gasteiger partial charge in [-0.2, -0.15) is 0 Å². The molecule has 2 N–H and O–H groups in total. The van der Waals surface area contributed by atoms with Gasteiger partial charge in [-0.25, -0.2) is 9.78 Å². The van der Waals surface area contributed by atoms with Crippen LogP contribution in [0.4, 0.5) is 5.82 Å². The fraction of sp³-hybridized carbons (Fsp3) is 0.278. The number of pyridine rings is 1. The zero-order valence-electron chi connectivity index (χ0n) is 13.2. The predicted molar refractivity (Wildman–Crippen MR) is 89.8 cm³/mol. The van der Waals surface area contributed by atoms with Crippen LogP contribution in [-0.4, -0.2) is 35.1 Å². The van der Waals surface area contributed by atoms with Gasteiger partial charge in [0.15, 0.2) is 5.69 Å². The van der Waals surface area contributed by atoms with Gasteiger partial charge in [0, 0.05) is 19.6 Å². The first-order valence-corrected chi connectivity index (χ1v) is 7.90. The maximum atomic E-state index is 12.3. The number of aromatic carboxylic acids is 1. The summed E-state index contributed by atoms with van der Waals surface area (Å²) in [5.41, 5.74) is 1.08. The summed E-state index contributed by atoms with van der Waals surface area (Å²) in [5.74, 6) is -0.527. The lowest BCUT2D eigenvalue weighted by Crippen LogP contribution is -2.32. The lowest BCUT2D eigenvalue weighted by atomic mass is 10.1. The molecule has 1 fully saturated rings. The molecule has 2 heterocycles. The summed E-state index contributed by atoms with van der Waals surface area (Å²) < 4.78 is 0. The summed E-state index contributed by atoms with van der Waals surface area (Å²) in [6.45, 7) is 1.76. The van der Waals surface area contributed by atoms with Gasteiger partial charge in [-0.05, 0) is 24.1 Å². The van der Waals surface area contributed by atoms with E-state index < -0.39 is 5.97 Å². The van der Waals surface area contributed by atoms with Crippen LogP contribution in [0, 0.1) is 5.92 Å². The van der Waals surface area contributed by atoms with Crippen LogP contribution in [-0.2, 0) is 11.3 Å². The van der Waals surface area contributed by atoms with Gasteiger partial charge >= 0.3 is 5.97 Å². The number of amides is 1. The number of aromatic nitrogens is 1. The van der Waals surface area contributed by atoms with Crippen LogP contribution in [0.5, 0.6) is 0 Å². The van der Waals surface area contributed by atoms with Crippen LogP contribution < -0.4 is 10.2 Å². The number of carbonyl (C=O) groups excluding carboxylic acids is 1. The SMILES string of the molecule is O=C(O)c1cccc(N2CCC(C(=O)NCc3ccccc3)C2)n1. The highest BCUT2D eigenvalue weighted by atomic mass is 16.4. The van der Waals surface area contributed by atoms with Crippen molar-refractivity contribution in [3.8, 4) is 0 Å². The van der Waals surface area contributed by atoms with Crippen LogP contribution in [0.1, 0.15) is 22.5 Å². The van der Waals surface area contributed by atoms with Crippen molar-refractivity contribution >= 4 is 17.7 Å². The number of rotatable bonds is 5. The van der Waals surface area contributed by atoms with Gasteiger partial charge < -0.3 is 15.3 Å². The zero-order chi connectivity index (χ0) is 16.9. The van der Waals surface area contributed by atoms with Crippen molar-refractivity contribution in [2.24, 2.45) is 5.92 Å². The number of carbonyl (C=O) groups is 2. The zero-order valence-corrected chi connectivity index (χ0v) is 13.2. The van der Waals surface area contributed by atoms with E-state index in [9.17, 15) is 9.59 Å². The largest absolute Gasteiger partial charge is 0.477 e. The quantitative estimate of drug-likeness (QED) is 0.877. The molecule has 1 saturated heterocycles. The van der Waals surface area contributed by atoms with Crippen molar-refractivity contribution in [1.29, 1.82) is 0 Å². The molecule has 1 aliphatic heterocycles. The maximum absolute atomic E-state index is 12.3. The standard InChI is InChI=1S/C18H19N3O3/c22-17(19-11-13-5-2-1-3-6-13)14-9-10-21(12-14)16-8-4-7-15(20-16)18(23)24/h1-8,14H,9-12H2,(H,19,22)(H,23,24). The number of anilines is 1. The third kappa shape index (κ3) is 3.71. The Morgan fingerprint density at radius 2 is 1.96 bits per heavy atom. The van der Waals surface area contributed by atoms with Gasteiger partial charge in [0.05, 0.1) is 5.92 Å². The minimum atomic E-state index is -1.05. The summed E-state index contributed by atoms with van der Waals surface area (Å²) in [4.78, 5) is 29.4. The normalized spacial score (nSPS) is 16.8. The highest BCUT2D eigenvalue weighted by Gasteiger charge is 2.29. The molecule has 1 atom stereocenters. The van der Waals surface area contributed by atoms with E-state index in [0.29, 0.717) is 25.5 Å². The summed E-state index contributed by atoms with van der Waals surface area (Å²) in [5, 5.41) is 12.0. The van der Waals surface area contributed by atoms with Gasteiger partial charge in [-0.1, -0.05) is 36.4 Å². The second kappa shape index (κ2) is 7.12. The Balaban J connectivity index is 1.57. The van der Waals surface area contributed by atoms with Crippen LogP contribution >= 0.6 is 0 Å². The first kappa shape index (κ1) is 16.0. The van der Waals surface area contributed by atoms with Crippen molar-refractivity contribution in [2.75, 3.05) is 18.0 Å². The molecule has 0 bridgehead atoms. The Bertz CT molecular complexity index is 733. The molecule has 2 aromatic rings. The fourth-order valence-electron chi connectivity index (χ4n) is 2.83. The summed E-state index contributed by atoms with van der Waals surface area (Å²) in [7, 11) is 0. The second-order valence-electron chi connectivity index (χ2n) is 5.82.